The highest BCUT2D eigenvalue weighted by Crippen LogP contribution is 2.41. The lowest BCUT2D eigenvalue weighted by Gasteiger charge is -2.42. The molecular weight excluding hydrogens is 786 g/mol. The Kier molecular flexibility index (Phi) is 12.3. The van der Waals surface area contributed by atoms with Crippen LogP contribution in [0.1, 0.15) is 105 Å². The summed E-state index contributed by atoms with van der Waals surface area (Å²) in [5.74, 6) is 0.593. The van der Waals surface area contributed by atoms with Crippen molar-refractivity contribution < 1.29 is 23.5 Å². The van der Waals surface area contributed by atoms with Crippen LogP contribution in [0.5, 0.6) is 0 Å². The fourth-order valence-electron chi connectivity index (χ4n) is 10.5. The number of H-pyrrole nitrogens is 1. The van der Waals surface area contributed by atoms with Crippen LogP contribution in [0.4, 0.5) is 16.0 Å². The van der Waals surface area contributed by atoms with Crippen LogP contribution in [0.25, 0.3) is 10.9 Å². The lowest BCUT2D eigenvalue weighted by Crippen LogP contribution is -2.52. The van der Waals surface area contributed by atoms with E-state index >= 15 is 4.39 Å². The number of aromatic nitrogens is 3. The number of rotatable bonds is 9. The normalized spacial score (nSPS) is 24.0. The topological polar surface area (TPSA) is 130 Å². The number of nitrogens with zero attached hydrogens (tertiary/aromatic N) is 7. The number of nitrogens with one attached hydrogen (secondary N) is 2. The van der Waals surface area contributed by atoms with Crippen molar-refractivity contribution in [2.75, 3.05) is 75.4 Å². The molecule has 0 saturated carbocycles. The quantitative estimate of drug-likeness (QED) is 0.193. The molecule has 330 valence electrons. The van der Waals surface area contributed by atoms with Gasteiger partial charge in [-0.15, -0.1) is 0 Å². The monoisotopic (exact) mass is 847 g/mol. The van der Waals surface area contributed by atoms with Gasteiger partial charge in [0.2, 0.25) is 17.8 Å². The summed E-state index contributed by atoms with van der Waals surface area (Å²) < 4.78 is 21.5. The molecule has 62 heavy (non-hydrogen) atoms. The molecule has 3 saturated heterocycles. The molecule has 0 spiro atoms. The van der Waals surface area contributed by atoms with E-state index in [9.17, 15) is 14.4 Å². The zero-order valence-electron chi connectivity index (χ0n) is 36.6. The van der Waals surface area contributed by atoms with E-state index in [-0.39, 0.29) is 36.2 Å². The number of hydrogen-bond donors (Lipinski definition) is 2. The van der Waals surface area contributed by atoms with E-state index in [2.05, 4.69) is 67.2 Å². The van der Waals surface area contributed by atoms with E-state index in [1.807, 2.05) is 24.5 Å². The molecule has 14 heteroatoms. The first kappa shape index (κ1) is 42.4. The van der Waals surface area contributed by atoms with E-state index in [0.29, 0.717) is 50.2 Å². The van der Waals surface area contributed by atoms with Crippen molar-refractivity contribution in [2.24, 2.45) is 5.92 Å². The predicted octanol–water partition coefficient (Wildman–Crippen LogP) is 6.03. The zero-order valence-corrected chi connectivity index (χ0v) is 36.6. The van der Waals surface area contributed by atoms with Gasteiger partial charge in [0.25, 0.3) is 5.91 Å². The van der Waals surface area contributed by atoms with Crippen molar-refractivity contribution in [2.45, 2.75) is 102 Å². The molecule has 4 aromatic rings. The second-order valence-corrected chi connectivity index (χ2v) is 18.8. The van der Waals surface area contributed by atoms with Crippen LogP contribution in [0.3, 0.4) is 0 Å². The highest BCUT2D eigenvalue weighted by molar-refractivity contribution is 6.05. The molecule has 1 unspecified atom stereocenters. The number of alkyl halides is 1. The largest absolute Gasteiger partial charge is 0.378 e. The van der Waals surface area contributed by atoms with Gasteiger partial charge in [-0.1, -0.05) is 18.2 Å². The Morgan fingerprint density at radius 3 is 2.47 bits per heavy atom. The summed E-state index contributed by atoms with van der Waals surface area (Å²) in [6.07, 6.45) is 10.9. The number of halogens is 1. The van der Waals surface area contributed by atoms with Crippen LogP contribution in [-0.2, 0) is 27.3 Å². The third-order valence-corrected chi connectivity index (χ3v) is 13.9. The number of benzene rings is 2. The molecule has 0 radical (unpaired) electrons. The summed E-state index contributed by atoms with van der Waals surface area (Å²) in [6, 6.07) is 13.9. The molecule has 2 aromatic heterocycles. The van der Waals surface area contributed by atoms with E-state index in [1.165, 1.54) is 17.4 Å². The average molecular weight is 848 g/mol. The predicted molar refractivity (Wildman–Crippen MR) is 238 cm³/mol. The number of anilines is 2. The van der Waals surface area contributed by atoms with Crippen molar-refractivity contribution in [3.05, 3.63) is 82.8 Å². The number of para-hydroxylation sites is 1. The molecule has 2 N–H and O–H groups in total. The molecular formula is C48H62FN9O4. The van der Waals surface area contributed by atoms with Gasteiger partial charge < -0.3 is 29.3 Å². The third kappa shape index (κ3) is 9.10. The van der Waals surface area contributed by atoms with Crippen molar-refractivity contribution in [1.29, 1.82) is 0 Å². The Morgan fingerprint density at radius 2 is 1.68 bits per heavy atom. The molecule has 2 aromatic carbocycles. The maximum absolute atomic E-state index is 15.3. The van der Waals surface area contributed by atoms with Gasteiger partial charge >= 0.3 is 0 Å². The summed E-state index contributed by atoms with van der Waals surface area (Å²) in [6.45, 7) is 14.1. The molecule has 0 aliphatic carbocycles. The molecule has 7 heterocycles. The second kappa shape index (κ2) is 18.1. The van der Waals surface area contributed by atoms with Gasteiger partial charge in [-0.25, -0.2) is 14.4 Å². The van der Waals surface area contributed by atoms with E-state index in [4.69, 9.17) is 14.7 Å². The maximum Gasteiger partial charge on any atom is 0.255 e. The fourth-order valence-corrected chi connectivity index (χ4v) is 10.5. The van der Waals surface area contributed by atoms with Crippen LogP contribution < -0.4 is 15.1 Å². The first-order valence-corrected chi connectivity index (χ1v) is 22.9. The first-order chi connectivity index (χ1) is 30.0. The molecule has 3 atom stereocenters. The smallest absolute Gasteiger partial charge is 0.255 e. The van der Waals surface area contributed by atoms with Crippen molar-refractivity contribution in [3.63, 3.8) is 0 Å². The van der Waals surface area contributed by atoms with Gasteiger partial charge in [0, 0.05) is 104 Å². The SMILES string of the molecule is C[C@@H]1Cc2c([nH]c3ccccc23)[C@@H](c2cnc(N3CCCCN(CCC4CCN(c5ccc6c(c5)CN(C5CCC(=O)NC5=O)C6=O)CC4)CCOCC3)nc2)N1CC(C)(C)F. The Hall–Kier alpha value is -4.92. The molecule has 3 fully saturated rings. The third-order valence-electron chi connectivity index (χ3n) is 13.9. The summed E-state index contributed by atoms with van der Waals surface area (Å²) >= 11 is 0. The van der Waals surface area contributed by atoms with E-state index < -0.39 is 11.7 Å². The Balaban J connectivity index is 0.764. The number of ether oxygens (including phenoxy) is 1. The number of piperidine rings is 2. The Bertz CT molecular complexity index is 2250. The lowest BCUT2D eigenvalue weighted by atomic mass is 9.88. The average Bonchev–Trinajstić information content (AvgIpc) is 3.77. The molecule has 3 amide bonds. The van der Waals surface area contributed by atoms with Crippen LogP contribution in [0.2, 0.25) is 0 Å². The van der Waals surface area contributed by atoms with Crippen LogP contribution in [-0.4, -0.2) is 131 Å². The first-order valence-electron chi connectivity index (χ1n) is 22.9. The number of fused-ring (bicyclic) bond motifs is 4. The summed E-state index contributed by atoms with van der Waals surface area (Å²) in [7, 11) is 0. The second-order valence-electron chi connectivity index (χ2n) is 18.8. The summed E-state index contributed by atoms with van der Waals surface area (Å²) in [4.78, 5) is 62.1. The molecule has 9 rings (SSSR count). The van der Waals surface area contributed by atoms with E-state index in [1.54, 1.807) is 18.7 Å². The number of hydrogen-bond acceptors (Lipinski definition) is 10. The summed E-state index contributed by atoms with van der Waals surface area (Å²) in [5, 5.41) is 3.62. The zero-order chi connectivity index (χ0) is 43.0. The minimum Gasteiger partial charge on any atom is -0.378 e. The van der Waals surface area contributed by atoms with Crippen molar-refractivity contribution in [1.82, 2.24) is 35.0 Å². The molecule has 0 bridgehead atoms. The van der Waals surface area contributed by atoms with E-state index in [0.717, 1.165) is 106 Å². The Labute approximate surface area is 364 Å². The van der Waals surface area contributed by atoms with Crippen LogP contribution in [0, 0.1) is 5.92 Å². The van der Waals surface area contributed by atoms with Crippen molar-refractivity contribution in [3.8, 4) is 0 Å². The fraction of sp³-hybridized carbons (Fsp3) is 0.562. The number of amides is 3. The highest BCUT2D eigenvalue weighted by atomic mass is 19.1. The van der Waals surface area contributed by atoms with Gasteiger partial charge in [0.05, 0.1) is 19.3 Å². The Morgan fingerprint density at radius 1 is 0.903 bits per heavy atom. The standard InChI is InChI=1S/C48H62FN9O4/c1-32-26-39-38-8-4-5-9-40(38)52-43(39)44(58(32)31-48(2,3)49)35-28-50-47(51-29-35)56-18-7-6-17-54(22-24-62-25-23-56)19-14-33-15-20-55(21-16-33)36-10-11-37-34(27-36)30-57(46(37)61)41-12-13-42(59)53-45(41)60/h4-5,8-11,27-29,32-33,41,44,52H,6-7,12-26,30-31H2,1-3H3,(H,53,59,60)/t32-,41?,44-/m1/s1. The maximum atomic E-state index is 15.3. The number of imide groups is 1. The summed E-state index contributed by atoms with van der Waals surface area (Å²) in [5.41, 5.74) is 5.87. The van der Waals surface area contributed by atoms with Crippen LogP contribution in [0.15, 0.2) is 54.9 Å². The number of carbonyl (C=O) groups excluding carboxylic acids is 3. The van der Waals surface area contributed by atoms with Gasteiger partial charge in [0.1, 0.15) is 11.7 Å². The van der Waals surface area contributed by atoms with Gasteiger partial charge in [-0.05, 0) is 120 Å². The molecule has 13 nitrogen and oxygen atoms in total. The van der Waals surface area contributed by atoms with Crippen LogP contribution >= 0.6 is 0 Å². The number of aromatic amines is 1. The minimum absolute atomic E-state index is 0.128. The van der Waals surface area contributed by atoms with Gasteiger partial charge in [-0.2, -0.15) is 0 Å². The number of carbonyl (C=O) groups is 3. The van der Waals surface area contributed by atoms with Gasteiger partial charge in [-0.3, -0.25) is 24.6 Å². The lowest BCUT2D eigenvalue weighted by molar-refractivity contribution is -0.136. The molecule has 5 aliphatic heterocycles. The van der Waals surface area contributed by atoms with Crippen molar-refractivity contribution >= 4 is 40.3 Å². The molecule has 5 aliphatic rings. The van der Waals surface area contributed by atoms with Gasteiger partial charge in [0.15, 0.2) is 0 Å². The highest BCUT2D eigenvalue weighted by Gasteiger charge is 2.41. The minimum atomic E-state index is -1.35.